The molecular formula is C17H24N2O. The second-order valence-corrected chi connectivity index (χ2v) is 6.43. The van der Waals surface area contributed by atoms with Crippen molar-refractivity contribution in [2.45, 2.75) is 50.4 Å². The molecule has 0 bridgehead atoms. The maximum Gasteiger partial charge on any atom is 0.0721 e. The predicted molar refractivity (Wildman–Crippen MR) is 79.6 cm³/mol. The first kappa shape index (κ1) is 12.8. The number of ether oxygens (including phenoxy) is 1. The monoisotopic (exact) mass is 272 g/mol. The lowest BCUT2D eigenvalue weighted by atomic mass is 9.95. The van der Waals surface area contributed by atoms with Crippen LogP contribution in [0.25, 0.3) is 0 Å². The maximum atomic E-state index is 5.78. The third-order valence-corrected chi connectivity index (χ3v) is 5.24. The van der Waals surface area contributed by atoms with E-state index in [-0.39, 0.29) is 0 Å². The van der Waals surface area contributed by atoms with Crippen LogP contribution in [0.1, 0.15) is 42.9 Å². The van der Waals surface area contributed by atoms with Gasteiger partial charge in [-0.25, -0.2) is 0 Å². The van der Waals surface area contributed by atoms with Gasteiger partial charge in [-0.15, -0.1) is 0 Å². The van der Waals surface area contributed by atoms with Crippen molar-refractivity contribution in [1.29, 1.82) is 0 Å². The smallest absolute Gasteiger partial charge is 0.0721 e. The zero-order valence-corrected chi connectivity index (χ0v) is 12.1. The fourth-order valence-corrected chi connectivity index (χ4v) is 4.22. The van der Waals surface area contributed by atoms with Crippen LogP contribution in [0.4, 0.5) is 0 Å². The number of hydrogen-bond acceptors (Lipinski definition) is 3. The molecular weight excluding hydrogens is 248 g/mol. The largest absolute Gasteiger partial charge is 0.375 e. The number of fused-ring (bicyclic) bond motifs is 2. The Labute approximate surface area is 121 Å². The summed E-state index contributed by atoms with van der Waals surface area (Å²) in [5.41, 5.74) is 2.81. The lowest BCUT2D eigenvalue weighted by molar-refractivity contribution is 0.0743. The summed E-state index contributed by atoms with van der Waals surface area (Å²) in [6.45, 7) is 4.17. The molecule has 108 valence electrons. The second kappa shape index (κ2) is 5.47. The van der Waals surface area contributed by atoms with Gasteiger partial charge < -0.3 is 10.1 Å². The average Bonchev–Trinajstić information content (AvgIpc) is 2.91. The summed E-state index contributed by atoms with van der Waals surface area (Å²) in [6, 6.07) is 10.5. The molecule has 3 heteroatoms. The van der Waals surface area contributed by atoms with E-state index < -0.39 is 0 Å². The van der Waals surface area contributed by atoms with E-state index in [0.29, 0.717) is 12.1 Å². The van der Waals surface area contributed by atoms with Crippen LogP contribution < -0.4 is 5.32 Å². The molecule has 2 fully saturated rings. The molecule has 3 aliphatic heterocycles. The highest BCUT2D eigenvalue weighted by Gasteiger charge is 2.37. The summed E-state index contributed by atoms with van der Waals surface area (Å²) in [5, 5.41) is 3.91. The summed E-state index contributed by atoms with van der Waals surface area (Å²) in [7, 11) is 0. The van der Waals surface area contributed by atoms with Crippen LogP contribution in [0, 0.1) is 0 Å². The van der Waals surface area contributed by atoms with Gasteiger partial charge in [0.1, 0.15) is 0 Å². The average molecular weight is 272 g/mol. The Morgan fingerprint density at radius 1 is 1.10 bits per heavy atom. The number of nitrogens with zero attached hydrogens (tertiary/aromatic N) is 1. The van der Waals surface area contributed by atoms with E-state index in [1.807, 2.05) is 0 Å². The highest BCUT2D eigenvalue weighted by molar-refractivity contribution is 5.31. The van der Waals surface area contributed by atoms with Crippen LogP contribution in [0.2, 0.25) is 0 Å². The van der Waals surface area contributed by atoms with Crippen LogP contribution in [-0.4, -0.2) is 36.7 Å². The number of benzene rings is 1. The molecule has 1 aromatic rings. The number of rotatable bonds is 2. The Morgan fingerprint density at radius 2 is 2.05 bits per heavy atom. The predicted octanol–water partition coefficient (Wildman–Crippen LogP) is 2.47. The van der Waals surface area contributed by atoms with Crippen LogP contribution in [0.3, 0.4) is 0 Å². The van der Waals surface area contributed by atoms with Crippen molar-refractivity contribution in [3.05, 3.63) is 35.4 Å². The molecule has 3 atom stereocenters. The number of hydrogen-bond donors (Lipinski definition) is 1. The quantitative estimate of drug-likeness (QED) is 0.895. The highest BCUT2D eigenvalue weighted by atomic mass is 16.5. The van der Waals surface area contributed by atoms with Gasteiger partial charge in [-0.2, -0.15) is 0 Å². The summed E-state index contributed by atoms with van der Waals surface area (Å²) in [4.78, 5) is 2.69. The molecule has 3 unspecified atom stereocenters. The third-order valence-electron chi connectivity index (χ3n) is 5.24. The topological polar surface area (TPSA) is 24.5 Å². The van der Waals surface area contributed by atoms with Gasteiger partial charge in [0.15, 0.2) is 0 Å². The van der Waals surface area contributed by atoms with E-state index in [1.54, 1.807) is 0 Å². The van der Waals surface area contributed by atoms with Crippen LogP contribution >= 0.6 is 0 Å². The fourth-order valence-electron chi connectivity index (χ4n) is 4.22. The Kier molecular flexibility index (Phi) is 3.51. The van der Waals surface area contributed by atoms with E-state index in [4.69, 9.17) is 4.74 Å². The molecule has 0 aliphatic carbocycles. The second-order valence-electron chi connectivity index (χ2n) is 6.43. The fraction of sp³-hybridized carbons (Fsp3) is 0.647. The number of nitrogens with one attached hydrogen (secondary N) is 1. The lowest BCUT2D eigenvalue weighted by Gasteiger charge is -2.35. The van der Waals surface area contributed by atoms with Gasteiger partial charge in [0, 0.05) is 18.6 Å². The van der Waals surface area contributed by atoms with Crippen molar-refractivity contribution in [3.8, 4) is 0 Å². The Balaban J connectivity index is 1.50. The standard InChI is InChI=1S/C17H24N2O/c1-2-6-14-13(5-1)11-20-12-16(14)18-15-8-10-19-9-4-3-7-17(15)19/h1-2,5-6,15-18H,3-4,7-12H2. The van der Waals surface area contributed by atoms with Crippen molar-refractivity contribution >= 4 is 0 Å². The summed E-state index contributed by atoms with van der Waals surface area (Å²) in [5.74, 6) is 0. The first-order valence-electron chi connectivity index (χ1n) is 8.07. The summed E-state index contributed by atoms with van der Waals surface area (Å²) >= 11 is 0. The zero-order chi connectivity index (χ0) is 13.4. The molecule has 0 radical (unpaired) electrons. The Hall–Kier alpha value is -0.900. The van der Waals surface area contributed by atoms with Gasteiger partial charge in [-0.05, 0) is 36.9 Å². The normalized spacial score (nSPS) is 33.7. The van der Waals surface area contributed by atoms with Crippen molar-refractivity contribution < 1.29 is 4.74 Å². The molecule has 0 amide bonds. The van der Waals surface area contributed by atoms with Gasteiger partial charge in [-0.3, -0.25) is 4.90 Å². The summed E-state index contributed by atoms with van der Waals surface area (Å²) in [6.07, 6.45) is 5.45. The van der Waals surface area contributed by atoms with Crippen LogP contribution in [0.5, 0.6) is 0 Å². The van der Waals surface area contributed by atoms with Crippen molar-refractivity contribution in [3.63, 3.8) is 0 Å². The molecule has 4 rings (SSSR count). The van der Waals surface area contributed by atoms with Crippen LogP contribution in [0.15, 0.2) is 24.3 Å². The highest BCUT2D eigenvalue weighted by Crippen LogP contribution is 2.31. The van der Waals surface area contributed by atoms with Crippen molar-refractivity contribution in [2.24, 2.45) is 0 Å². The minimum atomic E-state index is 0.381. The molecule has 0 saturated carbocycles. The first-order chi connectivity index (χ1) is 9.92. The summed E-state index contributed by atoms with van der Waals surface area (Å²) < 4.78 is 5.78. The number of piperidine rings is 1. The van der Waals surface area contributed by atoms with E-state index >= 15 is 0 Å². The van der Waals surface area contributed by atoms with E-state index in [0.717, 1.165) is 19.3 Å². The van der Waals surface area contributed by atoms with E-state index in [1.165, 1.54) is 49.9 Å². The van der Waals surface area contributed by atoms with Gasteiger partial charge in [0.2, 0.25) is 0 Å². The molecule has 0 spiro atoms. The van der Waals surface area contributed by atoms with Gasteiger partial charge >= 0.3 is 0 Å². The zero-order valence-electron chi connectivity index (χ0n) is 12.1. The van der Waals surface area contributed by atoms with E-state index in [9.17, 15) is 0 Å². The third kappa shape index (κ3) is 2.28. The van der Waals surface area contributed by atoms with E-state index in [2.05, 4.69) is 34.5 Å². The molecule has 3 nitrogen and oxygen atoms in total. The molecule has 2 saturated heterocycles. The molecule has 0 aromatic heterocycles. The van der Waals surface area contributed by atoms with Gasteiger partial charge in [0.25, 0.3) is 0 Å². The molecule has 3 aliphatic rings. The minimum absolute atomic E-state index is 0.381. The molecule has 1 aromatic carbocycles. The van der Waals surface area contributed by atoms with Crippen molar-refractivity contribution in [1.82, 2.24) is 10.2 Å². The van der Waals surface area contributed by atoms with Gasteiger partial charge in [-0.1, -0.05) is 30.7 Å². The van der Waals surface area contributed by atoms with Gasteiger partial charge in [0.05, 0.1) is 19.3 Å². The minimum Gasteiger partial charge on any atom is -0.375 e. The maximum absolute atomic E-state index is 5.78. The molecule has 3 heterocycles. The lowest BCUT2D eigenvalue weighted by Crippen LogP contribution is -2.47. The Bertz CT molecular complexity index is 476. The van der Waals surface area contributed by atoms with Crippen LogP contribution in [-0.2, 0) is 11.3 Å². The van der Waals surface area contributed by atoms with Crippen molar-refractivity contribution in [2.75, 3.05) is 19.7 Å². The SMILES string of the molecule is c1ccc2c(c1)COCC2NC1CCN2CCCCC12. The molecule has 1 N–H and O–H groups in total. The Morgan fingerprint density at radius 3 is 3.05 bits per heavy atom. The first-order valence-corrected chi connectivity index (χ1v) is 8.07. The molecule has 20 heavy (non-hydrogen) atoms.